The summed E-state index contributed by atoms with van der Waals surface area (Å²) in [5, 5.41) is 0. The number of carbonyl (C=O) groups is 1. The van der Waals surface area contributed by atoms with Crippen LogP contribution in [0.15, 0.2) is 57.9 Å². The summed E-state index contributed by atoms with van der Waals surface area (Å²) < 4.78 is 50.0. The number of benzene rings is 1. The van der Waals surface area contributed by atoms with Crippen LogP contribution in [0.2, 0.25) is 0 Å². The highest BCUT2D eigenvalue weighted by atomic mass is 19.4. The predicted octanol–water partition coefficient (Wildman–Crippen LogP) is 5.20. The Morgan fingerprint density at radius 2 is 1.69 bits per heavy atom. The van der Waals surface area contributed by atoms with Crippen LogP contribution in [-0.4, -0.2) is 46.9 Å². The van der Waals surface area contributed by atoms with Crippen LogP contribution in [0.1, 0.15) is 59.4 Å². The van der Waals surface area contributed by atoms with Gasteiger partial charge in [-0.25, -0.2) is 4.98 Å². The van der Waals surface area contributed by atoms with Gasteiger partial charge in [0.05, 0.1) is 17.8 Å². The van der Waals surface area contributed by atoms with Gasteiger partial charge in [0.15, 0.2) is 0 Å². The molecule has 1 fully saturated rings. The Hall–Kier alpha value is -3.66. The molecular weight excluding hydrogens is 511 g/mol. The number of carbonyl (C=O) groups excluding carboxylic acids is 1. The smallest absolute Gasteiger partial charge is 0.433 e. The Labute approximate surface area is 225 Å². The number of aromatic nitrogens is 1. The van der Waals surface area contributed by atoms with Crippen LogP contribution in [0.25, 0.3) is 0 Å². The maximum atomic E-state index is 12.9. The molecule has 1 aliphatic rings. The van der Waals surface area contributed by atoms with Crippen molar-refractivity contribution in [2.24, 2.45) is 0 Å². The van der Waals surface area contributed by atoms with Gasteiger partial charge >= 0.3 is 6.18 Å². The lowest BCUT2D eigenvalue weighted by Crippen LogP contribution is -2.48. The third kappa shape index (κ3) is 7.06. The third-order valence-electron chi connectivity index (χ3n) is 6.71. The number of hydrogen-bond donors (Lipinski definition) is 0. The van der Waals surface area contributed by atoms with E-state index in [2.05, 4.69) is 37.9 Å². The van der Waals surface area contributed by atoms with Crippen LogP contribution in [0.5, 0.6) is 5.75 Å². The molecule has 0 spiro atoms. The van der Waals surface area contributed by atoms with Gasteiger partial charge in [0.2, 0.25) is 11.2 Å². The summed E-state index contributed by atoms with van der Waals surface area (Å²) in [6.45, 7) is 10.3. The summed E-state index contributed by atoms with van der Waals surface area (Å²) in [5.41, 5.74) is 1.12. The summed E-state index contributed by atoms with van der Waals surface area (Å²) in [6, 6.07) is 11.5. The topological polar surface area (TPSA) is 75.9 Å². The van der Waals surface area contributed by atoms with E-state index in [1.165, 1.54) is 30.9 Å². The molecule has 0 aliphatic carbocycles. The number of pyridine rings is 1. The molecule has 0 unspecified atom stereocenters. The fraction of sp³-hybridized carbons (Fsp3) is 0.414. The second kappa shape index (κ2) is 11.2. The van der Waals surface area contributed by atoms with Crippen molar-refractivity contribution in [2.45, 2.75) is 52.4 Å². The fourth-order valence-corrected chi connectivity index (χ4v) is 4.33. The fourth-order valence-electron chi connectivity index (χ4n) is 4.33. The SMILES string of the molecule is Cc1nc(C(F)(F)F)ccc1C(=O)N1CCN(Cc2cc(=O)c(OCc3ccc(C(C)(C)C)cc3)co2)CC1. The van der Waals surface area contributed by atoms with Gasteiger partial charge < -0.3 is 14.1 Å². The van der Waals surface area contributed by atoms with Gasteiger partial charge in [-0.2, -0.15) is 13.2 Å². The number of hydrogen-bond acceptors (Lipinski definition) is 6. The highest BCUT2D eigenvalue weighted by Crippen LogP contribution is 2.28. The van der Waals surface area contributed by atoms with E-state index in [1.54, 1.807) is 4.90 Å². The second-order valence-corrected chi connectivity index (χ2v) is 10.7. The van der Waals surface area contributed by atoms with Crippen LogP contribution in [0.3, 0.4) is 0 Å². The lowest BCUT2D eigenvalue weighted by molar-refractivity contribution is -0.141. The first kappa shape index (κ1) is 28.4. The molecule has 208 valence electrons. The minimum absolute atomic E-state index is 0.0447. The largest absolute Gasteiger partial charge is 0.482 e. The molecule has 0 N–H and O–H groups in total. The number of alkyl halides is 3. The first-order chi connectivity index (χ1) is 18.3. The Morgan fingerprint density at radius 1 is 1.03 bits per heavy atom. The molecule has 0 saturated carbocycles. The van der Waals surface area contributed by atoms with Crippen molar-refractivity contribution >= 4 is 5.91 Å². The van der Waals surface area contributed by atoms with E-state index >= 15 is 0 Å². The van der Waals surface area contributed by atoms with Crippen molar-refractivity contribution in [3.05, 3.63) is 92.8 Å². The van der Waals surface area contributed by atoms with E-state index in [1.807, 2.05) is 17.0 Å². The minimum Gasteiger partial charge on any atom is -0.482 e. The van der Waals surface area contributed by atoms with E-state index in [0.717, 1.165) is 11.6 Å². The van der Waals surface area contributed by atoms with E-state index in [0.29, 0.717) is 38.5 Å². The van der Waals surface area contributed by atoms with Gasteiger partial charge in [-0.1, -0.05) is 45.0 Å². The average Bonchev–Trinajstić information content (AvgIpc) is 2.87. The molecule has 10 heteroatoms. The van der Waals surface area contributed by atoms with Crippen molar-refractivity contribution in [1.82, 2.24) is 14.8 Å². The summed E-state index contributed by atoms with van der Waals surface area (Å²) in [7, 11) is 0. The molecule has 1 aromatic carbocycles. The van der Waals surface area contributed by atoms with Gasteiger partial charge in [-0.05, 0) is 35.6 Å². The monoisotopic (exact) mass is 543 g/mol. The molecule has 0 radical (unpaired) electrons. The van der Waals surface area contributed by atoms with E-state index in [4.69, 9.17) is 9.15 Å². The first-order valence-corrected chi connectivity index (χ1v) is 12.7. The molecule has 0 atom stereocenters. The Kier molecular flexibility index (Phi) is 8.15. The van der Waals surface area contributed by atoms with E-state index in [9.17, 15) is 22.8 Å². The number of ether oxygens (including phenoxy) is 1. The zero-order valence-corrected chi connectivity index (χ0v) is 22.5. The first-order valence-electron chi connectivity index (χ1n) is 12.7. The number of aryl methyl sites for hydroxylation is 1. The number of amides is 1. The zero-order valence-electron chi connectivity index (χ0n) is 22.5. The number of rotatable bonds is 6. The lowest BCUT2D eigenvalue weighted by atomic mass is 9.87. The lowest BCUT2D eigenvalue weighted by Gasteiger charge is -2.34. The quantitative estimate of drug-likeness (QED) is 0.426. The van der Waals surface area contributed by atoms with Gasteiger partial charge in [-0.3, -0.25) is 14.5 Å². The van der Waals surface area contributed by atoms with Crippen molar-refractivity contribution in [3.63, 3.8) is 0 Å². The molecule has 3 heterocycles. The van der Waals surface area contributed by atoms with Crippen LogP contribution in [0.4, 0.5) is 13.2 Å². The van der Waals surface area contributed by atoms with Gasteiger partial charge in [0, 0.05) is 32.2 Å². The summed E-state index contributed by atoms with van der Waals surface area (Å²) in [5.74, 6) is 0.258. The molecule has 2 aromatic heterocycles. The number of piperazine rings is 1. The summed E-state index contributed by atoms with van der Waals surface area (Å²) in [4.78, 5) is 32.6. The molecule has 39 heavy (non-hydrogen) atoms. The van der Waals surface area contributed by atoms with Crippen LogP contribution in [0, 0.1) is 6.92 Å². The third-order valence-corrected chi connectivity index (χ3v) is 6.71. The van der Waals surface area contributed by atoms with Gasteiger partial charge in [0.1, 0.15) is 24.3 Å². The van der Waals surface area contributed by atoms with Crippen molar-refractivity contribution in [2.75, 3.05) is 26.2 Å². The molecule has 7 nitrogen and oxygen atoms in total. The van der Waals surface area contributed by atoms with E-state index in [-0.39, 0.29) is 40.4 Å². The highest BCUT2D eigenvalue weighted by Gasteiger charge is 2.33. The zero-order chi connectivity index (χ0) is 28.4. The molecule has 4 rings (SSSR count). The number of halogens is 3. The Bertz CT molecular complexity index is 1370. The summed E-state index contributed by atoms with van der Waals surface area (Å²) >= 11 is 0. The van der Waals surface area contributed by atoms with Crippen molar-refractivity contribution in [3.8, 4) is 5.75 Å². The molecule has 3 aromatic rings. The van der Waals surface area contributed by atoms with Crippen molar-refractivity contribution in [1.29, 1.82) is 0 Å². The van der Waals surface area contributed by atoms with Gasteiger partial charge in [-0.15, -0.1) is 0 Å². The molecule has 1 saturated heterocycles. The molecule has 1 aliphatic heterocycles. The van der Waals surface area contributed by atoms with E-state index < -0.39 is 11.9 Å². The van der Waals surface area contributed by atoms with Crippen molar-refractivity contribution < 1.29 is 27.1 Å². The summed E-state index contributed by atoms with van der Waals surface area (Å²) in [6.07, 6.45) is -3.24. The Morgan fingerprint density at radius 3 is 2.26 bits per heavy atom. The Balaban J connectivity index is 1.29. The maximum Gasteiger partial charge on any atom is 0.433 e. The average molecular weight is 544 g/mol. The molecular formula is C29H32F3N3O4. The minimum atomic E-state index is -4.56. The van der Waals surface area contributed by atoms with Crippen LogP contribution < -0.4 is 10.2 Å². The highest BCUT2D eigenvalue weighted by molar-refractivity contribution is 5.95. The van der Waals surface area contributed by atoms with Crippen LogP contribution in [-0.2, 0) is 24.7 Å². The predicted molar refractivity (Wildman–Crippen MR) is 140 cm³/mol. The van der Waals surface area contributed by atoms with Crippen LogP contribution >= 0.6 is 0 Å². The van der Waals surface area contributed by atoms with Gasteiger partial charge in [0.25, 0.3) is 5.91 Å². The normalized spacial score (nSPS) is 14.9. The molecule has 1 amide bonds. The second-order valence-electron chi connectivity index (χ2n) is 10.7. The standard InChI is InChI=1S/C29H32F3N3O4/c1-19-23(9-10-26(33-19)29(30,31)32)27(37)35-13-11-34(12-14-35)16-22-15-24(36)25(18-38-22)39-17-20-5-7-21(8-6-20)28(2,3)4/h5-10,15,18H,11-14,16-17H2,1-4H3. The molecule has 0 bridgehead atoms. The number of nitrogens with zero attached hydrogens (tertiary/aromatic N) is 3. The maximum absolute atomic E-state index is 12.9.